The Hall–Kier alpha value is -1.76. The average Bonchev–Trinajstić information content (AvgIpc) is 3.46. The van der Waals surface area contributed by atoms with E-state index in [1.807, 2.05) is 19.1 Å². The highest BCUT2D eigenvalue weighted by Crippen LogP contribution is 2.40. The monoisotopic (exact) mass is 332 g/mol. The van der Waals surface area contributed by atoms with Crippen molar-refractivity contribution in [2.45, 2.75) is 61.5 Å². The fourth-order valence-corrected chi connectivity index (χ4v) is 3.36. The molecule has 2 fully saturated rings. The van der Waals surface area contributed by atoms with Gasteiger partial charge in [-0.3, -0.25) is 9.36 Å². The highest BCUT2D eigenvalue weighted by atomic mass is 32.2. The van der Waals surface area contributed by atoms with E-state index in [0.717, 1.165) is 29.6 Å². The van der Waals surface area contributed by atoms with E-state index in [4.69, 9.17) is 4.42 Å². The van der Waals surface area contributed by atoms with Crippen molar-refractivity contribution >= 4 is 17.7 Å². The smallest absolute Gasteiger partial charge is 0.233 e. The molecular formula is C16H20N4O2S. The first-order valence-corrected chi connectivity index (χ1v) is 9.01. The number of thioether (sulfide) groups is 1. The van der Waals surface area contributed by atoms with E-state index in [-0.39, 0.29) is 11.2 Å². The molecule has 0 aliphatic heterocycles. The van der Waals surface area contributed by atoms with Crippen LogP contribution in [0.2, 0.25) is 0 Å². The Morgan fingerprint density at radius 3 is 2.91 bits per heavy atom. The molecule has 1 unspecified atom stereocenters. The van der Waals surface area contributed by atoms with Crippen LogP contribution in [0.5, 0.6) is 0 Å². The molecule has 2 heterocycles. The van der Waals surface area contributed by atoms with Gasteiger partial charge >= 0.3 is 0 Å². The van der Waals surface area contributed by atoms with Gasteiger partial charge in [-0.1, -0.05) is 11.8 Å². The Morgan fingerprint density at radius 2 is 2.26 bits per heavy atom. The van der Waals surface area contributed by atoms with Crippen LogP contribution in [0, 0.1) is 0 Å². The summed E-state index contributed by atoms with van der Waals surface area (Å²) in [6, 6.07) is 4.22. The zero-order chi connectivity index (χ0) is 15.8. The van der Waals surface area contributed by atoms with Gasteiger partial charge in [-0.05, 0) is 44.7 Å². The van der Waals surface area contributed by atoms with Crippen LogP contribution in [-0.2, 0) is 11.3 Å². The van der Waals surface area contributed by atoms with Crippen molar-refractivity contribution in [3.8, 4) is 0 Å². The highest BCUT2D eigenvalue weighted by molar-refractivity contribution is 8.00. The van der Waals surface area contributed by atoms with Gasteiger partial charge in [-0.2, -0.15) is 0 Å². The molecule has 23 heavy (non-hydrogen) atoms. The molecule has 2 aromatic heterocycles. The van der Waals surface area contributed by atoms with E-state index in [0.29, 0.717) is 18.5 Å². The van der Waals surface area contributed by atoms with Gasteiger partial charge in [0.2, 0.25) is 5.91 Å². The number of carbonyl (C=O) groups is 1. The summed E-state index contributed by atoms with van der Waals surface area (Å²) in [6.07, 6.45) is 6.21. The number of hydrogen-bond donors (Lipinski definition) is 1. The van der Waals surface area contributed by atoms with Crippen molar-refractivity contribution in [2.75, 3.05) is 0 Å². The van der Waals surface area contributed by atoms with Crippen molar-refractivity contribution in [2.24, 2.45) is 0 Å². The third-order valence-corrected chi connectivity index (χ3v) is 5.24. The summed E-state index contributed by atoms with van der Waals surface area (Å²) in [6.45, 7) is 2.54. The molecule has 2 saturated carbocycles. The maximum atomic E-state index is 12.2. The van der Waals surface area contributed by atoms with Gasteiger partial charge in [0.25, 0.3) is 0 Å². The van der Waals surface area contributed by atoms with Gasteiger partial charge < -0.3 is 9.73 Å². The molecule has 122 valence electrons. The molecule has 0 bridgehead atoms. The first kappa shape index (κ1) is 14.8. The van der Waals surface area contributed by atoms with Crippen LogP contribution in [0.4, 0.5) is 0 Å². The zero-order valence-electron chi connectivity index (χ0n) is 13.1. The third kappa shape index (κ3) is 3.44. The quantitative estimate of drug-likeness (QED) is 0.789. The van der Waals surface area contributed by atoms with Crippen molar-refractivity contribution < 1.29 is 9.21 Å². The minimum Gasteiger partial charge on any atom is -0.467 e. The number of aromatic nitrogens is 3. The second-order valence-electron chi connectivity index (χ2n) is 6.32. The van der Waals surface area contributed by atoms with Gasteiger partial charge in [-0.25, -0.2) is 0 Å². The van der Waals surface area contributed by atoms with E-state index in [2.05, 4.69) is 20.1 Å². The molecule has 0 radical (unpaired) electrons. The Kier molecular flexibility index (Phi) is 3.88. The molecule has 0 spiro atoms. The fourth-order valence-electron chi connectivity index (χ4n) is 2.50. The Bertz CT molecular complexity index is 689. The number of carbonyl (C=O) groups excluding carboxylic acids is 1. The lowest BCUT2D eigenvalue weighted by molar-refractivity contribution is -0.120. The first-order valence-electron chi connectivity index (χ1n) is 8.13. The third-order valence-electron chi connectivity index (χ3n) is 4.16. The standard InChI is InChI=1S/C16H20N4O2S/c1-10(15(21)17-12-6-7-12)23-16-19-18-14(11-4-5-11)20(16)9-13-3-2-8-22-13/h2-3,8,10-12H,4-7,9H2,1H3,(H,17,21). The number of furan rings is 1. The Labute approximate surface area is 139 Å². The predicted molar refractivity (Wildman–Crippen MR) is 86.3 cm³/mol. The minimum atomic E-state index is -0.179. The Balaban J connectivity index is 1.51. The summed E-state index contributed by atoms with van der Waals surface area (Å²) in [5, 5.41) is 12.4. The van der Waals surface area contributed by atoms with Gasteiger partial charge in [0.15, 0.2) is 5.16 Å². The zero-order valence-corrected chi connectivity index (χ0v) is 13.9. The molecule has 0 saturated heterocycles. The highest BCUT2D eigenvalue weighted by Gasteiger charge is 2.32. The Morgan fingerprint density at radius 1 is 1.43 bits per heavy atom. The molecule has 2 aliphatic carbocycles. The van der Waals surface area contributed by atoms with E-state index < -0.39 is 0 Å². The summed E-state index contributed by atoms with van der Waals surface area (Å²) in [7, 11) is 0. The molecular weight excluding hydrogens is 312 g/mol. The number of nitrogens with one attached hydrogen (secondary N) is 1. The molecule has 7 heteroatoms. The summed E-state index contributed by atoms with van der Waals surface area (Å²) in [5.41, 5.74) is 0. The number of nitrogens with zero attached hydrogens (tertiary/aromatic N) is 3. The first-order chi connectivity index (χ1) is 11.2. The molecule has 4 rings (SSSR count). The van der Waals surface area contributed by atoms with E-state index in [9.17, 15) is 4.79 Å². The molecule has 2 aromatic rings. The summed E-state index contributed by atoms with van der Waals surface area (Å²) >= 11 is 1.47. The van der Waals surface area contributed by atoms with Gasteiger partial charge in [-0.15, -0.1) is 10.2 Å². The maximum Gasteiger partial charge on any atom is 0.233 e. The normalized spacial score (nSPS) is 18.8. The molecule has 1 amide bonds. The molecule has 0 aromatic carbocycles. The van der Waals surface area contributed by atoms with Crippen LogP contribution < -0.4 is 5.32 Å². The van der Waals surface area contributed by atoms with Gasteiger partial charge in [0.1, 0.15) is 11.6 Å². The second kappa shape index (κ2) is 6.03. The predicted octanol–water partition coefficient (Wildman–Crippen LogP) is 2.56. The van der Waals surface area contributed by atoms with Crippen LogP contribution in [0.1, 0.15) is 50.1 Å². The SMILES string of the molecule is CC(Sc1nnc(C2CC2)n1Cc1ccco1)C(=O)NC1CC1. The topological polar surface area (TPSA) is 73.0 Å². The van der Waals surface area contributed by atoms with Gasteiger partial charge in [0.05, 0.1) is 18.1 Å². The number of hydrogen-bond acceptors (Lipinski definition) is 5. The summed E-state index contributed by atoms with van der Waals surface area (Å²) in [5.74, 6) is 2.47. The van der Waals surface area contributed by atoms with Crippen LogP contribution in [0.15, 0.2) is 28.0 Å². The van der Waals surface area contributed by atoms with Crippen molar-refractivity contribution in [3.63, 3.8) is 0 Å². The lowest BCUT2D eigenvalue weighted by Gasteiger charge is -2.12. The molecule has 6 nitrogen and oxygen atoms in total. The summed E-state index contributed by atoms with van der Waals surface area (Å²) in [4.78, 5) is 12.2. The summed E-state index contributed by atoms with van der Waals surface area (Å²) < 4.78 is 7.56. The van der Waals surface area contributed by atoms with Crippen LogP contribution in [0.25, 0.3) is 0 Å². The van der Waals surface area contributed by atoms with Crippen LogP contribution in [0.3, 0.4) is 0 Å². The van der Waals surface area contributed by atoms with E-state index in [1.165, 1.54) is 24.6 Å². The number of rotatable bonds is 7. The number of amides is 1. The van der Waals surface area contributed by atoms with E-state index in [1.54, 1.807) is 6.26 Å². The van der Waals surface area contributed by atoms with E-state index >= 15 is 0 Å². The lowest BCUT2D eigenvalue weighted by atomic mass is 10.3. The lowest BCUT2D eigenvalue weighted by Crippen LogP contribution is -2.32. The molecule has 1 N–H and O–H groups in total. The maximum absolute atomic E-state index is 12.2. The molecule has 1 atom stereocenters. The van der Waals surface area contributed by atoms with Crippen LogP contribution >= 0.6 is 11.8 Å². The van der Waals surface area contributed by atoms with Crippen molar-refractivity contribution in [1.29, 1.82) is 0 Å². The van der Waals surface area contributed by atoms with Crippen LogP contribution in [-0.4, -0.2) is 32.0 Å². The fraction of sp³-hybridized carbons (Fsp3) is 0.562. The van der Waals surface area contributed by atoms with Crippen molar-refractivity contribution in [3.05, 3.63) is 30.0 Å². The minimum absolute atomic E-state index is 0.0815. The second-order valence-corrected chi connectivity index (χ2v) is 7.63. The largest absolute Gasteiger partial charge is 0.467 e. The average molecular weight is 332 g/mol. The van der Waals surface area contributed by atoms with Crippen molar-refractivity contribution in [1.82, 2.24) is 20.1 Å². The van der Waals surface area contributed by atoms with Gasteiger partial charge in [0, 0.05) is 12.0 Å². The molecule has 2 aliphatic rings.